The van der Waals surface area contributed by atoms with Gasteiger partial charge in [0.25, 0.3) is 11.8 Å². The first-order valence-electron chi connectivity index (χ1n) is 13.2. The van der Waals surface area contributed by atoms with E-state index in [1.807, 2.05) is 0 Å². The molecule has 240 valence electrons. The molecule has 45 heavy (non-hydrogen) atoms. The normalized spacial score (nSPS) is 18.8. The Balaban J connectivity index is 1.36. The fourth-order valence-electron chi connectivity index (χ4n) is 4.20. The number of nitrogens with two attached hydrogens (primary N) is 3. The Morgan fingerprint density at radius 2 is 2.04 bits per heavy atom. The summed E-state index contributed by atoms with van der Waals surface area (Å²) in [5.41, 5.74) is 16.9. The first kappa shape index (κ1) is 34.1. The summed E-state index contributed by atoms with van der Waals surface area (Å²) in [5.74, 6) is -2.72. The molecule has 9 N–H and O–H groups in total. The van der Waals surface area contributed by atoms with Crippen molar-refractivity contribution in [2.45, 2.75) is 47.0 Å². The molecule has 4 amide bonds. The average molecular weight is 697 g/mol. The van der Waals surface area contributed by atoms with Gasteiger partial charge in [-0.05, 0) is 23.7 Å². The molecule has 3 unspecified atom stereocenters. The maximum Gasteiger partial charge on any atom is 0.353 e. The van der Waals surface area contributed by atoms with Crippen molar-refractivity contribution in [2.75, 3.05) is 23.8 Å². The summed E-state index contributed by atoms with van der Waals surface area (Å²) in [5, 5.41) is 17.3. The van der Waals surface area contributed by atoms with E-state index in [1.54, 1.807) is 18.3 Å². The second-order valence-electron chi connectivity index (χ2n) is 9.48. The Hall–Kier alpha value is -3.79. The largest absolute Gasteiger partial charge is 0.477 e. The lowest BCUT2D eigenvalue weighted by molar-refractivity contribution is -0.150. The van der Waals surface area contributed by atoms with Crippen LogP contribution < -0.4 is 27.8 Å². The standard InChI is InChI=1S/C24H28N10O7S4/c25-10(3-4-14(26)35)19(36)29-6-7-42-8-11-12(2-1-5-28-11)44-13-9-43-22-16(21(38)34(22)17(13)23(39)40)30-20(37)15(32-41)18-31-24(27)45-33-18/h1-2,5,10,15-16,22H,3-4,6-9,25H2,(H2,26,35)(H,29,36)(H,30,37)(H,39,40)(H2,27,31,33)/t10-,15?,16?,22?/m0/s1. The highest BCUT2D eigenvalue weighted by molar-refractivity contribution is 8.06. The number of rotatable bonds is 16. The SMILES string of the molecule is NC(=O)CC[C@H](N)C(=O)NCCSCc1ncccc1SC1=C(C(=O)O)N2C(=O)C(NC(=O)C(N=O)c3nsc(N)n3)C2SC1. The first-order chi connectivity index (χ1) is 21.5. The lowest BCUT2D eigenvalue weighted by Crippen LogP contribution is -2.70. The van der Waals surface area contributed by atoms with E-state index >= 15 is 0 Å². The Kier molecular flexibility index (Phi) is 11.7. The number of carbonyl (C=O) groups is 5. The number of thioether (sulfide) groups is 3. The van der Waals surface area contributed by atoms with Gasteiger partial charge in [0.15, 0.2) is 11.0 Å². The number of nitrogens with zero attached hydrogens (tertiary/aromatic N) is 5. The molecular weight excluding hydrogens is 669 g/mol. The molecule has 0 aliphatic carbocycles. The number of amides is 4. The number of aromatic nitrogens is 3. The van der Waals surface area contributed by atoms with Crippen LogP contribution in [0.2, 0.25) is 0 Å². The van der Waals surface area contributed by atoms with Gasteiger partial charge in [-0.25, -0.2) is 9.78 Å². The van der Waals surface area contributed by atoms with Gasteiger partial charge in [-0.3, -0.25) is 29.1 Å². The van der Waals surface area contributed by atoms with Crippen LogP contribution in [0, 0.1) is 4.91 Å². The van der Waals surface area contributed by atoms with Gasteiger partial charge >= 0.3 is 5.97 Å². The van der Waals surface area contributed by atoms with Crippen molar-refractivity contribution >= 4 is 81.5 Å². The molecule has 0 aromatic carbocycles. The van der Waals surface area contributed by atoms with Crippen LogP contribution >= 0.6 is 46.8 Å². The number of aliphatic carboxylic acids is 1. The third-order valence-electron chi connectivity index (χ3n) is 6.39. The highest BCUT2D eigenvalue weighted by Crippen LogP contribution is 2.45. The van der Waals surface area contributed by atoms with E-state index in [2.05, 4.69) is 30.2 Å². The molecule has 2 aromatic heterocycles. The number of nitrogen functional groups attached to an aromatic ring is 1. The van der Waals surface area contributed by atoms with Crippen molar-refractivity contribution in [3.63, 3.8) is 0 Å². The van der Waals surface area contributed by atoms with E-state index < -0.39 is 47.2 Å². The quantitative estimate of drug-likeness (QED) is 0.0750. The Bertz CT molecular complexity index is 1520. The van der Waals surface area contributed by atoms with E-state index in [0.717, 1.165) is 16.4 Å². The number of nitroso groups, excluding NO2 is 1. The van der Waals surface area contributed by atoms with Gasteiger partial charge in [-0.1, -0.05) is 11.8 Å². The van der Waals surface area contributed by atoms with Crippen LogP contribution in [0.5, 0.6) is 0 Å². The van der Waals surface area contributed by atoms with Crippen molar-refractivity contribution < 1.29 is 29.1 Å². The van der Waals surface area contributed by atoms with Crippen LogP contribution in [0.1, 0.15) is 30.4 Å². The zero-order chi connectivity index (χ0) is 32.7. The van der Waals surface area contributed by atoms with E-state index in [4.69, 9.17) is 17.2 Å². The minimum absolute atomic E-state index is 0.0211. The number of pyridine rings is 1. The molecule has 1 fully saturated rings. The van der Waals surface area contributed by atoms with Gasteiger partial charge in [-0.15, -0.1) is 16.7 Å². The lowest BCUT2D eigenvalue weighted by atomic mass is 10.0. The predicted molar refractivity (Wildman–Crippen MR) is 168 cm³/mol. The minimum atomic E-state index is -1.61. The number of anilines is 1. The maximum absolute atomic E-state index is 13.1. The number of carboxylic acid groups (broad SMARTS) is 1. The summed E-state index contributed by atoms with van der Waals surface area (Å²) < 4.78 is 3.83. The smallest absolute Gasteiger partial charge is 0.353 e. The Morgan fingerprint density at radius 1 is 1.27 bits per heavy atom. The van der Waals surface area contributed by atoms with Crippen molar-refractivity contribution in [3.05, 3.63) is 45.4 Å². The average Bonchev–Trinajstić information content (AvgIpc) is 3.44. The van der Waals surface area contributed by atoms with Gasteiger partial charge in [0.2, 0.25) is 17.9 Å². The summed E-state index contributed by atoms with van der Waals surface area (Å²) in [7, 11) is 0. The summed E-state index contributed by atoms with van der Waals surface area (Å²) in [4.78, 5) is 82.9. The number of hydrogen-bond donors (Lipinski definition) is 6. The molecule has 0 saturated carbocycles. The number of fused-ring (bicyclic) bond motifs is 1. The van der Waals surface area contributed by atoms with E-state index in [1.165, 1.54) is 35.3 Å². The number of carbonyl (C=O) groups excluding carboxylic acids is 4. The van der Waals surface area contributed by atoms with Crippen LogP contribution in [0.4, 0.5) is 5.13 Å². The number of nitrogens with one attached hydrogen (secondary N) is 2. The summed E-state index contributed by atoms with van der Waals surface area (Å²) in [6.07, 6.45) is 1.79. The highest BCUT2D eigenvalue weighted by atomic mass is 32.2. The zero-order valence-corrected chi connectivity index (χ0v) is 26.5. The molecule has 2 aliphatic rings. The monoisotopic (exact) mass is 696 g/mol. The molecule has 0 bridgehead atoms. The molecule has 2 aliphatic heterocycles. The van der Waals surface area contributed by atoms with Crippen molar-refractivity contribution in [1.29, 1.82) is 0 Å². The second kappa shape index (κ2) is 15.5. The minimum Gasteiger partial charge on any atom is -0.477 e. The van der Waals surface area contributed by atoms with Crippen LogP contribution in [0.15, 0.2) is 39.0 Å². The fourth-order valence-corrected chi connectivity index (χ4v) is 8.14. The van der Waals surface area contributed by atoms with Crippen molar-refractivity contribution in [3.8, 4) is 0 Å². The summed E-state index contributed by atoms with van der Waals surface area (Å²) in [6, 6.07) is -0.0112. The molecule has 1 saturated heterocycles. The number of hydrogen-bond acceptors (Lipinski definition) is 16. The number of β-lactam (4-membered cyclic amide) rings is 1. The van der Waals surface area contributed by atoms with E-state index in [0.29, 0.717) is 33.5 Å². The molecule has 17 nitrogen and oxygen atoms in total. The fraction of sp³-hybridized carbons (Fsp3) is 0.417. The zero-order valence-electron chi connectivity index (χ0n) is 23.3. The van der Waals surface area contributed by atoms with Crippen LogP contribution in [0.3, 0.4) is 0 Å². The van der Waals surface area contributed by atoms with Crippen molar-refractivity contribution in [1.82, 2.24) is 29.9 Å². The number of carboxylic acids is 1. The molecule has 0 radical (unpaired) electrons. The van der Waals surface area contributed by atoms with Gasteiger partial charge in [0.1, 0.15) is 17.1 Å². The molecule has 2 aromatic rings. The third-order valence-corrected chi connectivity index (χ3v) is 10.6. The number of primary amides is 1. The highest BCUT2D eigenvalue weighted by Gasteiger charge is 2.55. The van der Waals surface area contributed by atoms with Gasteiger partial charge in [-0.2, -0.15) is 16.1 Å². The topological polar surface area (TPSA) is 279 Å². The Morgan fingerprint density at radius 3 is 2.71 bits per heavy atom. The molecule has 0 spiro atoms. The van der Waals surface area contributed by atoms with Crippen LogP contribution in [-0.4, -0.2) is 89.5 Å². The molecule has 21 heteroatoms. The van der Waals surface area contributed by atoms with Gasteiger partial charge < -0.3 is 32.9 Å². The lowest BCUT2D eigenvalue weighted by Gasteiger charge is -2.49. The van der Waals surface area contributed by atoms with Gasteiger partial charge in [0, 0.05) is 57.8 Å². The van der Waals surface area contributed by atoms with E-state index in [9.17, 15) is 34.0 Å². The molecular formula is C24H28N10O7S4. The molecule has 4 heterocycles. The van der Waals surface area contributed by atoms with E-state index in [-0.39, 0.29) is 41.2 Å². The maximum atomic E-state index is 13.1. The van der Waals surface area contributed by atoms with Crippen LogP contribution in [0.25, 0.3) is 0 Å². The Labute approximate surface area is 272 Å². The first-order valence-corrected chi connectivity index (χ1v) is 16.9. The molecule has 4 rings (SSSR count). The predicted octanol–water partition coefficient (Wildman–Crippen LogP) is -0.247. The second-order valence-corrected chi connectivity index (χ2v) is 13.6. The van der Waals surface area contributed by atoms with Crippen LogP contribution in [-0.2, 0) is 29.7 Å². The van der Waals surface area contributed by atoms with Gasteiger partial charge in [0.05, 0.1) is 11.7 Å². The van der Waals surface area contributed by atoms with Crippen molar-refractivity contribution in [2.24, 2.45) is 16.6 Å². The third kappa shape index (κ3) is 8.28. The summed E-state index contributed by atoms with van der Waals surface area (Å²) in [6.45, 7) is 0.336. The summed E-state index contributed by atoms with van der Waals surface area (Å²) >= 11 is 4.73. The molecule has 4 atom stereocenters.